The van der Waals surface area contributed by atoms with Gasteiger partial charge >= 0.3 is 0 Å². The summed E-state index contributed by atoms with van der Waals surface area (Å²) in [6.45, 7) is -0.171. The number of likely N-dealkylation sites (tertiary alicyclic amines) is 1. The number of rotatable bonds is 2. The third-order valence-electron chi connectivity index (χ3n) is 5.15. The minimum Gasteiger partial charge on any atom is -0.358 e. The number of nitrogens with zero attached hydrogens (tertiary/aromatic N) is 2. The molecule has 6 nitrogen and oxygen atoms in total. The molecule has 24 heavy (non-hydrogen) atoms. The normalized spacial score (nSPS) is 22.7. The smallest absolute Gasteiger partial charge is 0.242 e. The maximum atomic E-state index is 12.9. The predicted molar refractivity (Wildman–Crippen MR) is 88.3 cm³/mol. The zero-order valence-corrected chi connectivity index (χ0v) is 13.7. The lowest BCUT2D eigenvalue weighted by molar-refractivity contribution is -0.145. The van der Waals surface area contributed by atoms with Crippen LogP contribution in [0, 0.1) is 5.92 Å². The molecule has 1 fully saturated rings. The molecule has 1 aromatic heterocycles. The number of para-hydroxylation sites is 1. The molecule has 2 unspecified atom stereocenters. The number of hydrogen-bond donors (Lipinski definition) is 1. The molecule has 1 aliphatic carbocycles. The van der Waals surface area contributed by atoms with E-state index in [9.17, 15) is 14.4 Å². The van der Waals surface area contributed by atoms with Crippen LogP contribution in [0.3, 0.4) is 0 Å². The van der Waals surface area contributed by atoms with Gasteiger partial charge in [-0.25, -0.2) is 0 Å². The average molecular weight is 325 g/mol. The van der Waals surface area contributed by atoms with Crippen LogP contribution in [0.2, 0.25) is 0 Å². The number of likely N-dealkylation sites (N-methyl/N-ethyl adjacent to an activating group) is 1. The van der Waals surface area contributed by atoms with Crippen LogP contribution in [-0.2, 0) is 20.8 Å². The van der Waals surface area contributed by atoms with Crippen molar-refractivity contribution in [2.75, 3.05) is 20.6 Å². The molecule has 1 aromatic carbocycles. The highest BCUT2D eigenvalue weighted by atomic mass is 16.2. The number of fused-ring (bicyclic) bond motifs is 5. The van der Waals surface area contributed by atoms with E-state index in [1.165, 1.54) is 4.90 Å². The van der Waals surface area contributed by atoms with Crippen LogP contribution in [0.5, 0.6) is 0 Å². The maximum absolute atomic E-state index is 12.9. The zero-order chi connectivity index (χ0) is 17.0. The molecule has 0 spiro atoms. The fraction of sp³-hybridized carbons (Fsp3) is 0.389. The summed E-state index contributed by atoms with van der Waals surface area (Å²) < 4.78 is 0. The minimum absolute atomic E-state index is 0.171. The van der Waals surface area contributed by atoms with E-state index >= 15 is 0 Å². The monoisotopic (exact) mass is 325 g/mol. The summed E-state index contributed by atoms with van der Waals surface area (Å²) in [5.74, 6) is -1.51. The quantitative estimate of drug-likeness (QED) is 0.845. The number of aromatic nitrogens is 1. The molecule has 4 rings (SSSR count). The van der Waals surface area contributed by atoms with E-state index in [1.807, 2.05) is 24.3 Å². The summed E-state index contributed by atoms with van der Waals surface area (Å²) >= 11 is 0. The van der Waals surface area contributed by atoms with Gasteiger partial charge in [0.15, 0.2) is 0 Å². The van der Waals surface area contributed by atoms with E-state index in [2.05, 4.69) is 4.98 Å². The lowest BCUT2D eigenvalue weighted by Gasteiger charge is -2.21. The number of benzene rings is 1. The Kier molecular flexibility index (Phi) is 3.23. The number of imide groups is 1. The molecular formula is C18H19N3O3. The maximum Gasteiger partial charge on any atom is 0.242 e. The van der Waals surface area contributed by atoms with Crippen LogP contribution in [0.25, 0.3) is 10.9 Å². The van der Waals surface area contributed by atoms with Crippen molar-refractivity contribution in [3.05, 3.63) is 35.5 Å². The first kappa shape index (κ1) is 14.9. The third kappa shape index (κ3) is 1.99. The van der Waals surface area contributed by atoms with Crippen molar-refractivity contribution in [2.45, 2.75) is 18.8 Å². The molecule has 1 aliphatic heterocycles. The highest BCUT2D eigenvalue weighted by Crippen LogP contribution is 2.45. The molecule has 0 bridgehead atoms. The second kappa shape index (κ2) is 5.19. The van der Waals surface area contributed by atoms with E-state index in [0.717, 1.165) is 33.5 Å². The number of amides is 3. The Labute approximate surface area is 139 Å². The second-order valence-corrected chi connectivity index (χ2v) is 6.74. The van der Waals surface area contributed by atoms with Crippen molar-refractivity contribution in [2.24, 2.45) is 5.92 Å². The number of nitrogens with one attached hydrogen (secondary N) is 1. The molecule has 0 saturated carbocycles. The number of aromatic amines is 1. The van der Waals surface area contributed by atoms with Gasteiger partial charge in [0.25, 0.3) is 0 Å². The Bertz CT molecular complexity index is 868. The SMILES string of the molecule is CN(C)C(=O)CN1C(=O)C2CCc3[nH]c4ccccc4c3C2C1=O. The fourth-order valence-electron chi connectivity index (χ4n) is 3.91. The highest BCUT2D eigenvalue weighted by molar-refractivity contribution is 6.11. The number of hydrogen-bond acceptors (Lipinski definition) is 3. The number of carbonyl (C=O) groups is 3. The molecule has 2 aliphatic rings. The van der Waals surface area contributed by atoms with Gasteiger partial charge < -0.3 is 9.88 Å². The largest absolute Gasteiger partial charge is 0.358 e. The third-order valence-corrected chi connectivity index (χ3v) is 5.15. The number of aryl methyl sites for hydroxylation is 1. The summed E-state index contributed by atoms with van der Waals surface area (Å²) in [4.78, 5) is 43.5. The first-order chi connectivity index (χ1) is 11.5. The van der Waals surface area contributed by atoms with Crippen molar-refractivity contribution >= 4 is 28.6 Å². The van der Waals surface area contributed by atoms with E-state index < -0.39 is 5.92 Å². The van der Waals surface area contributed by atoms with E-state index in [0.29, 0.717) is 6.42 Å². The topological polar surface area (TPSA) is 73.5 Å². The molecule has 2 aromatic rings. The molecule has 1 saturated heterocycles. The van der Waals surface area contributed by atoms with Crippen molar-refractivity contribution in [1.82, 2.24) is 14.8 Å². The summed E-state index contributed by atoms with van der Waals surface area (Å²) in [6, 6.07) is 7.86. The van der Waals surface area contributed by atoms with Crippen molar-refractivity contribution in [1.29, 1.82) is 0 Å². The van der Waals surface area contributed by atoms with Crippen molar-refractivity contribution in [3.63, 3.8) is 0 Å². The molecule has 1 N–H and O–H groups in total. The van der Waals surface area contributed by atoms with Crippen LogP contribution >= 0.6 is 0 Å². The Balaban J connectivity index is 1.77. The van der Waals surface area contributed by atoms with Gasteiger partial charge in [-0.3, -0.25) is 19.3 Å². The molecular weight excluding hydrogens is 306 g/mol. The van der Waals surface area contributed by atoms with Gasteiger partial charge in [0, 0.05) is 30.7 Å². The molecule has 6 heteroatoms. The highest BCUT2D eigenvalue weighted by Gasteiger charge is 2.51. The Morgan fingerprint density at radius 1 is 1.25 bits per heavy atom. The Morgan fingerprint density at radius 2 is 2.00 bits per heavy atom. The molecule has 3 amide bonds. The van der Waals surface area contributed by atoms with Crippen LogP contribution < -0.4 is 0 Å². The molecule has 124 valence electrons. The molecule has 2 heterocycles. The number of H-pyrrole nitrogens is 1. The second-order valence-electron chi connectivity index (χ2n) is 6.74. The minimum atomic E-state index is -0.465. The molecule has 2 atom stereocenters. The van der Waals surface area contributed by atoms with E-state index in [1.54, 1.807) is 14.1 Å². The van der Waals surface area contributed by atoms with Gasteiger partial charge in [0.2, 0.25) is 17.7 Å². The lowest BCUT2D eigenvalue weighted by Crippen LogP contribution is -2.40. The number of carbonyl (C=O) groups excluding carboxylic acids is 3. The summed E-state index contributed by atoms with van der Waals surface area (Å²) in [5.41, 5.74) is 2.98. The summed E-state index contributed by atoms with van der Waals surface area (Å²) in [7, 11) is 3.25. The van der Waals surface area contributed by atoms with Gasteiger partial charge in [0.1, 0.15) is 6.54 Å². The van der Waals surface area contributed by atoms with Crippen LogP contribution in [0.1, 0.15) is 23.6 Å². The van der Waals surface area contributed by atoms with Gasteiger partial charge in [-0.1, -0.05) is 18.2 Å². The lowest BCUT2D eigenvalue weighted by atomic mass is 9.78. The van der Waals surface area contributed by atoms with Crippen molar-refractivity contribution < 1.29 is 14.4 Å². The first-order valence-corrected chi connectivity index (χ1v) is 8.14. The summed E-state index contributed by atoms with van der Waals surface area (Å²) in [5, 5.41) is 1.00. The first-order valence-electron chi connectivity index (χ1n) is 8.14. The molecule has 0 radical (unpaired) electrons. The standard InChI is InChI=1S/C18H19N3O3/c1-20(2)14(22)9-21-17(23)11-7-8-13-15(16(11)18(21)24)10-5-3-4-6-12(10)19-13/h3-6,11,16,19H,7-9H2,1-2H3. The Morgan fingerprint density at radius 3 is 2.75 bits per heavy atom. The Hall–Kier alpha value is -2.63. The fourth-order valence-corrected chi connectivity index (χ4v) is 3.91. The van der Waals surface area contributed by atoms with Crippen LogP contribution in [0.15, 0.2) is 24.3 Å². The van der Waals surface area contributed by atoms with Gasteiger partial charge in [0.05, 0.1) is 11.8 Å². The van der Waals surface area contributed by atoms with Gasteiger partial charge in [-0.15, -0.1) is 0 Å². The summed E-state index contributed by atoms with van der Waals surface area (Å²) in [6.07, 6.45) is 1.39. The van der Waals surface area contributed by atoms with E-state index in [4.69, 9.17) is 0 Å². The predicted octanol–water partition coefficient (Wildman–Crippen LogP) is 1.27. The van der Waals surface area contributed by atoms with Crippen LogP contribution in [0.4, 0.5) is 0 Å². The van der Waals surface area contributed by atoms with E-state index in [-0.39, 0.29) is 30.2 Å². The average Bonchev–Trinajstić information content (AvgIpc) is 3.05. The van der Waals surface area contributed by atoms with Gasteiger partial charge in [-0.2, -0.15) is 0 Å². The van der Waals surface area contributed by atoms with Crippen molar-refractivity contribution in [3.8, 4) is 0 Å². The van der Waals surface area contributed by atoms with Crippen LogP contribution in [-0.4, -0.2) is 53.1 Å². The van der Waals surface area contributed by atoms with Gasteiger partial charge in [-0.05, 0) is 24.5 Å². The zero-order valence-electron chi connectivity index (χ0n) is 13.7.